The topological polar surface area (TPSA) is 121 Å². The molecule has 10 nitrogen and oxygen atoms in total. The van der Waals surface area contributed by atoms with Gasteiger partial charge in [0.05, 0.1) is 13.2 Å². The molecule has 0 saturated carbocycles. The Morgan fingerprint density at radius 2 is 1.71 bits per heavy atom. The van der Waals surface area contributed by atoms with Crippen molar-refractivity contribution >= 4 is 41.9 Å². The van der Waals surface area contributed by atoms with E-state index in [1.165, 1.54) is 26.0 Å². The van der Waals surface area contributed by atoms with Crippen LogP contribution in [-0.4, -0.2) is 66.0 Å². The van der Waals surface area contributed by atoms with Crippen LogP contribution in [0, 0.1) is 0 Å². The summed E-state index contributed by atoms with van der Waals surface area (Å²) in [4.78, 5) is 47.1. The number of H-pyrrole nitrogens is 1. The Hall–Kier alpha value is -3.60. The summed E-state index contributed by atoms with van der Waals surface area (Å²) in [5, 5.41) is 3.12. The van der Waals surface area contributed by atoms with Crippen molar-refractivity contribution in [2.75, 3.05) is 25.2 Å². The lowest BCUT2D eigenvalue weighted by molar-refractivity contribution is -0.141. The van der Waals surface area contributed by atoms with Crippen LogP contribution in [0.1, 0.15) is 68.4 Å². The molecule has 0 spiro atoms. The first-order valence-electron chi connectivity index (χ1n) is 15.4. The van der Waals surface area contributed by atoms with Crippen molar-refractivity contribution in [2.24, 2.45) is 0 Å². The van der Waals surface area contributed by atoms with Crippen LogP contribution in [0.5, 0.6) is 0 Å². The van der Waals surface area contributed by atoms with Gasteiger partial charge in [0.25, 0.3) is 5.91 Å². The smallest absolute Gasteiger partial charge is 0.351 e. The number of hydrogen-bond donors (Lipinski definition) is 2. The van der Waals surface area contributed by atoms with E-state index in [2.05, 4.69) is 10.3 Å². The average Bonchev–Trinajstić information content (AvgIpc) is 3.65. The number of benzene rings is 2. The van der Waals surface area contributed by atoms with E-state index in [1.807, 2.05) is 30.3 Å². The van der Waals surface area contributed by atoms with Crippen LogP contribution in [-0.2, 0) is 28.9 Å². The molecule has 3 aromatic rings. The monoisotopic (exact) mass is 644 g/mol. The molecule has 1 aromatic heterocycles. The predicted octanol–water partition coefficient (Wildman–Crippen LogP) is 6.18. The maximum absolute atomic E-state index is 15.4. The molecule has 2 aliphatic heterocycles. The lowest BCUT2D eigenvalue weighted by atomic mass is 9.98. The molecule has 45 heavy (non-hydrogen) atoms. The second-order valence-electron chi connectivity index (χ2n) is 11.4. The Morgan fingerprint density at radius 1 is 1.02 bits per heavy atom. The number of fused-ring (bicyclic) bond motifs is 2. The highest BCUT2D eigenvalue weighted by Crippen LogP contribution is 2.66. The minimum Gasteiger partial charge on any atom is -0.351 e. The number of hydrogen-bond acceptors (Lipinski definition) is 6. The van der Waals surface area contributed by atoms with Gasteiger partial charge < -0.3 is 29.1 Å². The van der Waals surface area contributed by atoms with Gasteiger partial charge in [0, 0.05) is 35.2 Å². The summed E-state index contributed by atoms with van der Waals surface area (Å²) < 4.78 is 53.4. The fraction of sp³-hybridized carbons (Fsp3) is 0.469. The van der Waals surface area contributed by atoms with Crippen molar-refractivity contribution in [1.29, 1.82) is 0 Å². The number of rotatable bonds is 10. The van der Waals surface area contributed by atoms with Gasteiger partial charge in [-0.1, -0.05) is 37.1 Å². The third-order valence-corrected chi connectivity index (χ3v) is 10.7. The quantitative estimate of drug-likeness (QED) is 0.255. The molecule has 13 heteroatoms. The fourth-order valence-electron chi connectivity index (χ4n) is 6.29. The van der Waals surface area contributed by atoms with Crippen molar-refractivity contribution in [2.45, 2.75) is 76.2 Å². The molecule has 242 valence electrons. The van der Waals surface area contributed by atoms with Crippen LogP contribution in [0.4, 0.5) is 14.5 Å². The zero-order chi connectivity index (χ0) is 32.4. The van der Waals surface area contributed by atoms with Crippen LogP contribution in [0.25, 0.3) is 10.9 Å². The minimum absolute atomic E-state index is 0.0764. The molecule has 3 heterocycles. The van der Waals surface area contributed by atoms with E-state index < -0.39 is 36.8 Å². The lowest BCUT2D eigenvalue weighted by Gasteiger charge is -2.36. The van der Waals surface area contributed by atoms with Gasteiger partial charge in [-0.05, 0) is 69.9 Å². The van der Waals surface area contributed by atoms with Crippen LogP contribution >= 0.6 is 7.60 Å². The number of aromatic nitrogens is 1. The first kappa shape index (κ1) is 32.8. The normalized spacial score (nSPS) is 20.9. The molecule has 2 aromatic carbocycles. The zero-order valence-corrected chi connectivity index (χ0v) is 26.5. The number of carbonyl (C=O) groups is 3. The largest absolute Gasteiger partial charge is 0.404 e. The molecule has 3 atom stereocenters. The lowest BCUT2D eigenvalue weighted by Crippen LogP contribution is -2.56. The summed E-state index contributed by atoms with van der Waals surface area (Å²) in [6.45, 7) is 2.46. The maximum atomic E-state index is 15.4. The molecule has 2 N–H and O–H groups in total. The number of likely N-dealkylation sites (N-methyl/N-ethyl adjacent to an activating group) is 1. The van der Waals surface area contributed by atoms with Gasteiger partial charge in [-0.3, -0.25) is 18.9 Å². The summed E-state index contributed by atoms with van der Waals surface area (Å²) in [6, 6.07) is 12.7. The van der Waals surface area contributed by atoms with E-state index in [0.29, 0.717) is 24.8 Å². The zero-order valence-electron chi connectivity index (χ0n) is 25.6. The molecular formula is C32H39F2N4O6P. The second-order valence-corrected chi connectivity index (χ2v) is 13.5. The Bertz CT molecular complexity index is 1590. The van der Waals surface area contributed by atoms with Crippen molar-refractivity contribution in [3.05, 3.63) is 65.9 Å². The van der Waals surface area contributed by atoms with Crippen molar-refractivity contribution < 1.29 is 36.8 Å². The number of carbonyl (C=O) groups excluding carboxylic acids is 3. The average molecular weight is 645 g/mol. The summed E-state index contributed by atoms with van der Waals surface area (Å²) in [5.74, 6) is -1.05. The summed E-state index contributed by atoms with van der Waals surface area (Å²) in [5.41, 5.74) is -3.29. The third kappa shape index (κ3) is 6.41. The van der Waals surface area contributed by atoms with E-state index in [9.17, 15) is 18.9 Å². The summed E-state index contributed by atoms with van der Waals surface area (Å²) >= 11 is 0. The minimum atomic E-state index is -4.81. The number of aromatic amines is 1. The molecule has 2 saturated heterocycles. The Balaban J connectivity index is 1.35. The molecule has 2 aliphatic rings. The number of anilines is 1. The van der Waals surface area contributed by atoms with Crippen LogP contribution < -0.4 is 10.2 Å². The standard InChI is InChI=1S/C32H39F2N4O6P/c1-4-43-45(42,44-5-2)32(33,34)22-15-17-25-21(19-22)20-27(35-25)29(39)36-26-14-10-9-13-24-16-18-28(38(24)30(26)40)31(41)37(3)23-11-7-6-8-12-23/h6-8,11-12,15,17,19-20,24,26,28,35H,4-5,9-10,13-14,16,18H2,1-3H3,(H,36,39)/t24-,26-,28-/m0/s1. The maximum Gasteiger partial charge on any atom is 0.404 e. The molecular weight excluding hydrogens is 605 g/mol. The molecule has 5 rings (SSSR count). The van der Waals surface area contributed by atoms with Crippen LogP contribution in [0.15, 0.2) is 54.6 Å². The van der Waals surface area contributed by atoms with Crippen molar-refractivity contribution in [3.8, 4) is 0 Å². The Kier molecular flexibility index (Phi) is 9.77. The number of alkyl halides is 2. The van der Waals surface area contributed by atoms with Gasteiger partial charge in [0.1, 0.15) is 17.8 Å². The molecule has 0 radical (unpaired) electrons. The SMILES string of the molecule is CCOP(=O)(OCC)C(F)(F)c1ccc2[nH]c(C(=O)N[C@H]3CCCC[C@H]4CC[C@@H](C(=O)N(C)c5ccccc5)N4C3=O)cc2c1. The second kappa shape index (κ2) is 13.4. The van der Waals surface area contributed by atoms with Crippen molar-refractivity contribution in [3.63, 3.8) is 0 Å². The molecule has 3 amide bonds. The van der Waals surface area contributed by atoms with Crippen LogP contribution in [0.2, 0.25) is 0 Å². The summed E-state index contributed by atoms with van der Waals surface area (Å²) in [7, 11) is -3.11. The Labute approximate surface area is 261 Å². The third-order valence-electron chi connectivity index (χ3n) is 8.55. The van der Waals surface area contributed by atoms with Gasteiger partial charge in [-0.15, -0.1) is 0 Å². The number of halogens is 2. The highest BCUT2D eigenvalue weighted by molar-refractivity contribution is 7.54. The summed E-state index contributed by atoms with van der Waals surface area (Å²) in [6.07, 6.45) is 4.03. The van der Waals surface area contributed by atoms with E-state index in [0.717, 1.165) is 37.1 Å². The molecule has 0 unspecified atom stereocenters. The predicted molar refractivity (Wildman–Crippen MR) is 166 cm³/mol. The van der Waals surface area contributed by atoms with Gasteiger partial charge in [-0.2, -0.15) is 8.78 Å². The van der Waals surface area contributed by atoms with Gasteiger partial charge in [0.2, 0.25) is 11.8 Å². The Morgan fingerprint density at radius 3 is 2.40 bits per heavy atom. The fourth-order valence-corrected chi connectivity index (χ4v) is 7.82. The molecule has 0 aliphatic carbocycles. The number of amides is 3. The van der Waals surface area contributed by atoms with Gasteiger partial charge in [0.15, 0.2) is 0 Å². The number of nitrogens with zero attached hydrogens (tertiary/aromatic N) is 2. The molecule has 2 fully saturated rings. The van der Waals surface area contributed by atoms with Crippen molar-refractivity contribution in [1.82, 2.24) is 15.2 Å². The van der Waals surface area contributed by atoms with E-state index in [1.54, 1.807) is 16.8 Å². The van der Waals surface area contributed by atoms with Gasteiger partial charge in [-0.25, -0.2) is 0 Å². The first-order valence-corrected chi connectivity index (χ1v) is 16.9. The van der Waals surface area contributed by atoms with E-state index in [-0.39, 0.29) is 42.2 Å². The highest BCUT2D eigenvalue weighted by Gasteiger charge is 2.55. The number of para-hydroxylation sites is 1. The van der Waals surface area contributed by atoms with Gasteiger partial charge >= 0.3 is 13.3 Å². The first-order chi connectivity index (χ1) is 21.5. The number of nitrogens with one attached hydrogen (secondary N) is 2. The highest BCUT2D eigenvalue weighted by atomic mass is 31.2. The molecule has 0 bridgehead atoms. The van der Waals surface area contributed by atoms with E-state index in [4.69, 9.17) is 9.05 Å². The van der Waals surface area contributed by atoms with Crippen LogP contribution in [0.3, 0.4) is 0 Å². The van der Waals surface area contributed by atoms with E-state index >= 15 is 8.78 Å².